The Morgan fingerprint density at radius 3 is 3.05 bits per heavy atom. The van der Waals surface area contributed by atoms with Crippen LogP contribution in [0.1, 0.15) is 27.2 Å². The van der Waals surface area contributed by atoms with Crippen molar-refractivity contribution in [2.45, 2.75) is 19.3 Å². The molecule has 7 heteroatoms. The number of thiophene rings is 1. The number of carboxylic acids is 1. The van der Waals surface area contributed by atoms with Crippen molar-refractivity contribution in [3.8, 4) is 5.82 Å². The zero-order valence-electron chi connectivity index (χ0n) is 10.4. The molecule has 3 aromatic heterocycles. The van der Waals surface area contributed by atoms with E-state index < -0.39 is 5.97 Å². The standard InChI is InChI=1S/C13H10N4O2S/c18-13(19)7-4-16-17(5-7)11-10-8-2-1-3-9(8)20-12(10)15-6-14-11/h4-6H,1-3H2,(H,18,19). The van der Waals surface area contributed by atoms with Gasteiger partial charge in [0.1, 0.15) is 11.2 Å². The summed E-state index contributed by atoms with van der Waals surface area (Å²) in [4.78, 5) is 21.9. The van der Waals surface area contributed by atoms with E-state index in [1.807, 2.05) is 0 Å². The fourth-order valence-corrected chi connectivity index (χ4v) is 3.86. The molecule has 20 heavy (non-hydrogen) atoms. The quantitative estimate of drug-likeness (QED) is 0.780. The lowest BCUT2D eigenvalue weighted by atomic mass is 10.2. The highest BCUT2D eigenvalue weighted by molar-refractivity contribution is 7.19. The van der Waals surface area contributed by atoms with Gasteiger partial charge in [0.05, 0.1) is 17.1 Å². The zero-order valence-corrected chi connectivity index (χ0v) is 11.2. The Morgan fingerprint density at radius 1 is 1.35 bits per heavy atom. The normalized spacial score (nSPS) is 13.8. The third kappa shape index (κ3) is 1.56. The molecule has 0 aliphatic heterocycles. The molecule has 4 rings (SSSR count). The van der Waals surface area contributed by atoms with E-state index in [1.165, 1.54) is 33.8 Å². The minimum Gasteiger partial charge on any atom is -0.478 e. The average molecular weight is 286 g/mol. The first kappa shape index (κ1) is 11.5. The first-order chi connectivity index (χ1) is 9.74. The van der Waals surface area contributed by atoms with E-state index in [2.05, 4.69) is 15.1 Å². The molecule has 0 saturated heterocycles. The molecule has 0 aromatic carbocycles. The maximum Gasteiger partial charge on any atom is 0.338 e. The summed E-state index contributed by atoms with van der Waals surface area (Å²) < 4.78 is 1.53. The second-order valence-electron chi connectivity index (χ2n) is 4.71. The van der Waals surface area contributed by atoms with Crippen molar-refractivity contribution in [2.24, 2.45) is 0 Å². The van der Waals surface area contributed by atoms with E-state index in [9.17, 15) is 4.79 Å². The monoisotopic (exact) mass is 286 g/mol. The summed E-state index contributed by atoms with van der Waals surface area (Å²) in [7, 11) is 0. The molecule has 0 bridgehead atoms. The molecule has 1 aliphatic rings. The Bertz CT molecular complexity index is 836. The third-order valence-electron chi connectivity index (χ3n) is 3.53. The van der Waals surface area contributed by atoms with Gasteiger partial charge in [0, 0.05) is 11.1 Å². The minimum absolute atomic E-state index is 0.156. The summed E-state index contributed by atoms with van der Waals surface area (Å²) in [5, 5.41) is 14.1. The molecule has 0 amide bonds. The van der Waals surface area contributed by atoms with Crippen LogP contribution < -0.4 is 0 Å². The summed E-state index contributed by atoms with van der Waals surface area (Å²) in [6.45, 7) is 0. The molecule has 3 aromatic rings. The number of rotatable bonds is 2. The van der Waals surface area contributed by atoms with Crippen molar-refractivity contribution in [1.29, 1.82) is 0 Å². The summed E-state index contributed by atoms with van der Waals surface area (Å²) in [5.74, 6) is -0.320. The van der Waals surface area contributed by atoms with Crippen LogP contribution in [-0.4, -0.2) is 30.8 Å². The molecular weight excluding hydrogens is 276 g/mol. The molecule has 100 valence electrons. The lowest BCUT2D eigenvalue weighted by Gasteiger charge is -2.03. The summed E-state index contributed by atoms with van der Waals surface area (Å²) in [6.07, 6.45) is 7.61. The lowest BCUT2D eigenvalue weighted by molar-refractivity contribution is 0.0697. The van der Waals surface area contributed by atoms with Crippen LogP contribution in [-0.2, 0) is 12.8 Å². The maximum absolute atomic E-state index is 11.0. The molecule has 6 nitrogen and oxygen atoms in total. The molecule has 0 atom stereocenters. The zero-order chi connectivity index (χ0) is 13.7. The molecular formula is C13H10N4O2S. The number of carboxylic acid groups (broad SMARTS) is 1. The van der Waals surface area contributed by atoms with Crippen LogP contribution >= 0.6 is 11.3 Å². The molecule has 0 spiro atoms. The van der Waals surface area contributed by atoms with Gasteiger partial charge in [0.25, 0.3) is 0 Å². The SMILES string of the molecule is O=C(O)c1cnn(-c2ncnc3sc4c(c23)CCC4)c1. The van der Waals surface area contributed by atoms with Crippen molar-refractivity contribution in [3.05, 3.63) is 34.7 Å². The van der Waals surface area contributed by atoms with E-state index in [0.717, 1.165) is 29.5 Å². The van der Waals surface area contributed by atoms with Crippen molar-refractivity contribution in [1.82, 2.24) is 19.7 Å². The number of aryl methyl sites for hydroxylation is 2. The van der Waals surface area contributed by atoms with Crippen molar-refractivity contribution in [3.63, 3.8) is 0 Å². The first-order valence-electron chi connectivity index (χ1n) is 6.27. The average Bonchev–Trinajstić information content (AvgIpc) is 3.13. The predicted molar refractivity (Wildman–Crippen MR) is 73.5 cm³/mol. The highest BCUT2D eigenvalue weighted by Gasteiger charge is 2.22. The number of nitrogens with zero attached hydrogens (tertiary/aromatic N) is 4. The van der Waals surface area contributed by atoms with Gasteiger partial charge in [0.2, 0.25) is 0 Å². The second-order valence-corrected chi connectivity index (χ2v) is 5.80. The van der Waals surface area contributed by atoms with Gasteiger partial charge in [-0.2, -0.15) is 5.10 Å². The smallest absolute Gasteiger partial charge is 0.338 e. The predicted octanol–water partition coefficient (Wildman–Crippen LogP) is 2.06. The van der Waals surface area contributed by atoms with E-state index >= 15 is 0 Å². The van der Waals surface area contributed by atoms with Crippen LogP contribution in [0.4, 0.5) is 0 Å². The van der Waals surface area contributed by atoms with Crippen LogP contribution in [0.25, 0.3) is 16.0 Å². The van der Waals surface area contributed by atoms with Gasteiger partial charge in [-0.15, -0.1) is 11.3 Å². The fraction of sp³-hybridized carbons (Fsp3) is 0.231. The Balaban J connectivity index is 1.96. The largest absolute Gasteiger partial charge is 0.478 e. The molecule has 1 N–H and O–H groups in total. The van der Waals surface area contributed by atoms with Gasteiger partial charge in [-0.1, -0.05) is 0 Å². The van der Waals surface area contributed by atoms with E-state index in [4.69, 9.17) is 5.11 Å². The first-order valence-corrected chi connectivity index (χ1v) is 7.09. The molecule has 3 heterocycles. The minimum atomic E-state index is -0.989. The lowest BCUT2D eigenvalue weighted by Crippen LogP contribution is -2.00. The van der Waals surface area contributed by atoms with E-state index in [0.29, 0.717) is 5.82 Å². The van der Waals surface area contributed by atoms with Crippen LogP contribution in [0.2, 0.25) is 0 Å². The molecule has 0 unspecified atom stereocenters. The van der Waals surface area contributed by atoms with Crippen molar-refractivity contribution in [2.75, 3.05) is 0 Å². The topological polar surface area (TPSA) is 80.9 Å². The fourth-order valence-electron chi connectivity index (χ4n) is 2.63. The number of aromatic nitrogens is 4. The number of aromatic carboxylic acids is 1. The van der Waals surface area contributed by atoms with Gasteiger partial charge < -0.3 is 5.11 Å². The number of hydrogen-bond acceptors (Lipinski definition) is 5. The van der Waals surface area contributed by atoms with E-state index in [1.54, 1.807) is 11.3 Å². The van der Waals surface area contributed by atoms with Gasteiger partial charge >= 0.3 is 5.97 Å². The van der Waals surface area contributed by atoms with Crippen LogP contribution in [0.15, 0.2) is 18.7 Å². The Labute approximate surface area is 117 Å². The summed E-state index contributed by atoms with van der Waals surface area (Å²) >= 11 is 1.70. The third-order valence-corrected chi connectivity index (χ3v) is 4.73. The van der Waals surface area contributed by atoms with Gasteiger partial charge in [-0.25, -0.2) is 19.4 Å². The number of hydrogen-bond donors (Lipinski definition) is 1. The Morgan fingerprint density at radius 2 is 2.25 bits per heavy atom. The van der Waals surface area contributed by atoms with Crippen LogP contribution in [0.5, 0.6) is 0 Å². The second kappa shape index (κ2) is 4.11. The van der Waals surface area contributed by atoms with Crippen molar-refractivity contribution < 1.29 is 9.90 Å². The Hall–Kier alpha value is -2.28. The number of fused-ring (bicyclic) bond motifs is 3. The van der Waals surface area contributed by atoms with E-state index in [-0.39, 0.29) is 5.56 Å². The highest BCUT2D eigenvalue weighted by Crippen LogP contribution is 2.38. The molecule has 0 saturated carbocycles. The number of carbonyl (C=O) groups is 1. The van der Waals surface area contributed by atoms with Gasteiger partial charge in [-0.05, 0) is 24.8 Å². The van der Waals surface area contributed by atoms with Gasteiger partial charge in [-0.3, -0.25) is 0 Å². The van der Waals surface area contributed by atoms with Gasteiger partial charge in [0.15, 0.2) is 5.82 Å². The summed E-state index contributed by atoms with van der Waals surface area (Å²) in [6, 6.07) is 0. The van der Waals surface area contributed by atoms with Crippen LogP contribution in [0.3, 0.4) is 0 Å². The Kier molecular flexibility index (Phi) is 2.37. The summed E-state index contributed by atoms with van der Waals surface area (Å²) in [5.41, 5.74) is 1.46. The molecule has 1 aliphatic carbocycles. The molecule has 0 radical (unpaired) electrons. The van der Waals surface area contributed by atoms with Crippen molar-refractivity contribution >= 4 is 27.5 Å². The highest BCUT2D eigenvalue weighted by atomic mass is 32.1. The molecule has 0 fully saturated rings. The maximum atomic E-state index is 11.0. The van der Waals surface area contributed by atoms with Crippen LogP contribution in [0, 0.1) is 0 Å².